The zero-order valence-corrected chi connectivity index (χ0v) is 15.8. The Morgan fingerprint density at radius 1 is 1.18 bits per heavy atom. The monoisotopic (exact) mass is 379 g/mol. The van der Waals surface area contributed by atoms with Crippen LogP contribution < -0.4 is 15.0 Å². The molecule has 144 valence electrons. The maximum absolute atomic E-state index is 12.9. The summed E-state index contributed by atoms with van der Waals surface area (Å²) in [5.41, 5.74) is 1.39. The van der Waals surface area contributed by atoms with Crippen LogP contribution in [-0.2, 0) is 17.9 Å². The maximum atomic E-state index is 12.9. The van der Waals surface area contributed by atoms with Crippen LogP contribution in [0.15, 0.2) is 47.3 Å². The molecule has 3 aromatic rings. The molecule has 28 heavy (non-hydrogen) atoms. The van der Waals surface area contributed by atoms with Gasteiger partial charge in [-0.25, -0.2) is 4.98 Å². The molecule has 0 spiro atoms. The number of benzene rings is 2. The van der Waals surface area contributed by atoms with Crippen molar-refractivity contribution < 1.29 is 14.3 Å². The second-order valence-electron chi connectivity index (χ2n) is 6.66. The van der Waals surface area contributed by atoms with Gasteiger partial charge in [-0.15, -0.1) is 0 Å². The molecule has 0 saturated carbocycles. The van der Waals surface area contributed by atoms with E-state index in [1.165, 1.54) is 4.57 Å². The standard InChI is InChI=1S/C21H21N3O4/c1-3-23(11-15-8-9-18-19(10-15)28-13-27-18)20(25)12-24-14(2)22-17-7-5-4-6-16(17)21(24)26/h4-10H,3,11-13H2,1-2H3. The number of amides is 1. The third-order valence-corrected chi connectivity index (χ3v) is 4.89. The quantitative estimate of drug-likeness (QED) is 0.681. The highest BCUT2D eigenvalue weighted by Crippen LogP contribution is 2.32. The average Bonchev–Trinajstić information content (AvgIpc) is 3.17. The Kier molecular flexibility index (Phi) is 4.73. The summed E-state index contributed by atoms with van der Waals surface area (Å²) in [5.74, 6) is 1.79. The molecule has 0 bridgehead atoms. The predicted molar refractivity (Wildman–Crippen MR) is 104 cm³/mol. The minimum absolute atomic E-state index is 0.0408. The van der Waals surface area contributed by atoms with Crippen molar-refractivity contribution in [1.82, 2.24) is 14.5 Å². The van der Waals surface area contributed by atoms with Crippen LogP contribution in [-0.4, -0.2) is 33.7 Å². The van der Waals surface area contributed by atoms with Crippen LogP contribution in [0.25, 0.3) is 10.9 Å². The van der Waals surface area contributed by atoms with Gasteiger partial charge < -0.3 is 14.4 Å². The molecular weight excluding hydrogens is 358 g/mol. The van der Waals surface area contributed by atoms with Crippen molar-refractivity contribution in [2.45, 2.75) is 26.9 Å². The highest BCUT2D eigenvalue weighted by Gasteiger charge is 2.18. The first-order valence-corrected chi connectivity index (χ1v) is 9.19. The summed E-state index contributed by atoms with van der Waals surface area (Å²) < 4.78 is 12.2. The van der Waals surface area contributed by atoms with E-state index in [1.807, 2.05) is 31.2 Å². The number of rotatable bonds is 5. The van der Waals surface area contributed by atoms with Crippen LogP contribution in [0.2, 0.25) is 0 Å². The van der Waals surface area contributed by atoms with Crippen LogP contribution in [0, 0.1) is 6.92 Å². The van der Waals surface area contributed by atoms with Crippen molar-refractivity contribution in [2.75, 3.05) is 13.3 Å². The van der Waals surface area contributed by atoms with Crippen molar-refractivity contribution in [3.05, 3.63) is 64.2 Å². The van der Waals surface area contributed by atoms with Gasteiger partial charge in [0.2, 0.25) is 12.7 Å². The normalized spacial score (nSPS) is 12.4. The van der Waals surface area contributed by atoms with Crippen molar-refractivity contribution >= 4 is 16.8 Å². The number of aryl methyl sites for hydroxylation is 1. The Bertz CT molecular complexity index is 1110. The number of nitrogens with zero attached hydrogens (tertiary/aromatic N) is 3. The summed E-state index contributed by atoms with van der Waals surface area (Å²) >= 11 is 0. The predicted octanol–water partition coefficient (Wildman–Crippen LogP) is 2.48. The third kappa shape index (κ3) is 3.31. The van der Waals surface area contributed by atoms with Gasteiger partial charge in [0.05, 0.1) is 10.9 Å². The summed E-state index contributed by atoms with van der Waals surface area (Å²) in [5, 5.41) is 0.514. The summed E-state index contributed by atoms with van der Waals surface area (Å²) in [4.78, 5) is 31.9. The van der Waals surface area contributed by atoms with Crippen LogP contribution in [0.3, 0.4) is 0 Å². The Labute approximate surface area is 162 Å². The number of para-hydroxylation sites is 1. The van der Waals surface area contributed by atoms with E-state index >= 15 is 0 Å². The molecule has 0 fully saturated rings. The van der Waals surface area contributed by atoms with Gasteiger partial charge in [-0.1, -0.05) is 18.2 Å². The largest absolute Gasteiger partial charge is 0.454 e. The number of likely N-dealkylation sites (N-methyl/N-ethyl adjacent to an activating group) is 1. The molecule has 0 unspecified atom stereocenters. The molecule has 4 rings (SSSR count). The average molecular weight is 379 g/mol. The Balaban J connectivity index is 1.56. The van der Waals surface area contributed by atoms with E-state index < -0.39 is 0 Å². The minimum Gasteiger partial charge on any atom is -0.454 e. The van der Waals surface area contributed by atoms with Crippen LogP contribution >= 0.6 is 0 Å². The van der Waals surface area contributed by atoms with E-state index in [2.05, 4.69) is 4.98 Å². The lowest BCUT2D eigenvalue weighted by Gasteiger charge is -2.22. The van der Waals surface area contributed by atoms with Gasteiger partial charge in [-0.05, 0) is 43.7 Å². The number of hydrogen-bond donors (Lipinski definition) is 0. The third-order valence-electron chi connectivity index (χ3n) is 4.89. The van der Waals surface area contributed by atoms with E-state index in [0.29, 0.717) is 41.3 Å². The van der Waals surface area contributed by atoms with Gasteiger partial charge in [0.25, 0.3) is 5.56 Å². The fourth-order valence-corrected chi connectivity index (χ4v) is 3.34. The summed E-state index contributed by atoms with van der Waals surface area (Å²) in [6, 6.07) is 12.8. The molecule has 1 aliphatic rings. The number of fused-ring (bicyclic) bond motifs is 2. The fraction of sp³-hybridized carbons (Fsp3) is 0.286. The second-order valence-corrected chi connectivity index (χ2v) is 6.66. The number of carbonyl (C=O) groups excluding carboxylic acids is 1. The van der Waals surface area contributed by atoms with Gasteiger partial charge in [0.1, 0.15) is 12.4 Å². The van der Waals surface area contributed by atoms with Crippen LogP contribution in [0.1, 0.15) is 18.3 Å². The molecule has 0 atom stereocenters. The van der Waals surface area contributed by atoms with Crippen LogP contribution in [0.5, 0.6) is 11.5 Å². The molecule has 1 aliphatic heterocycles. The minimum atomic E-state index is -0.199. The smallest absolute Gasteiger partial charge is 0.261 e. The molecule has 2 heterocycles. The molecule has 0 aliphatic carbocycles. The fourth-order valence-electron chi connectivity index (χ4n) is 3.34. The van der Waals surface area contributed by atoms with Crippen LogP contribution in [0.4, 0.5) is 0 Å². The molecule has 0 saturated heterocycles. The Morgan fingerprint density at radius 2 is 1.96 bits per heavy atom. The lowest BCUT2D eigenvalue weighted by Crippen LogP contribution is -2.37. The summed E-state index contributed by atoms with van der Waals surface area (Å²) in [7, 11) is 0. The lowest BCUT2D eigenvalue weighted by molar-refractivity contribution is -0.132. The van der Waals surface area contributed by atoms with Crippen molar-refractivity contribution in [3.63, 3.8) is 0 Å². The first-order valence-electron chi connectivity index (χ1n) is 9.19. The number of ether oxygens (including phenoxy) is 2. The first kappa shape index (κ1) is 18.0. The highest BCUT2D eigenvalue weighted by atomic mass is 16.7. The van der Waals surface area contributed by atoms with E-state index in [4.69, 9.17) is 9.47 Å². The van der Waals surface area contributed by atoms with Crippen molar-refractivity contribution in [2.24, 2.45) is 0 Å². The highest BCUT2D eigenvalue weighted by molar-refractivity contribution is 5.79. The first-order chi connectivity index (χ1) is 13.6. The molecule has 0 N–H and O–H groups in total. The summed E-state index contributed by atoms with van der Waals surface area (Å²) in [6.07, 6.45) is 0. The topological polar surface area (TPSA) is 73.7 Å². The van der Waals surface area contributed by atoms with Gasteiger partial charge in [0.15, 0.2) is 11.5 Å². The molecule has 0 radical (unpaired) electrons. The number of carbonyl (C=O) groups is 1. The van der Waals surface area contributed by atoms with E-state index in [-0.39, 0.29) is 24.8 Å². The van der Waals surface area contributed by atoms with Crippen molar-refractivity contribution in [3.8, 4) is 11.5 Å². The maximum Gasteiger partial charge on any atom is 0.261 e. The number of hydrogen-bond acceptors (Lipinski definition) is 5. The number of aromatic nitrogens is 2. The zero-order valence-electron chi connectivity index (χ0n) is 15.8. The van der Waals surface area contributed by atoms with E-state index in [0.717, 1.165) is 5.56 Å². The van der Waals surface area contributed by atoms with E-state index in [1.54, 1.807) is 30.0 Å². The van der Waals surface area contributed by atoms with Gasteiger partial charge in [0, 0.05) is 13.1 Å². The van der Waals surface area contributed by atoms with Crippen molar-refractivity contribution in [1.29, 1.82) is 0 Å². The second kappa shape index (κ2) is 7.34. The van der Waals surface area contributed by atoms with Gasteiger partial charge in [-0.2, -0.15) is 0 Å². The van der Waals surface area contributed by atoms with E-state index in [9.17, 15) is 9.59 Å². The summed E-state index contributed by atoms with van der Waals surface area (Å²) in [6.45, 7) is 4.80. The Hall–Kier alpha value is -3.35. The molecule has 7 heteroatoms. The molecule has 1 aromatic heterocycles. The van der Waals surface area contributed by atoms with Gasteiger partial charge in [-0.3, -0.25) is 14.2 Å². The zero-order chi connectivity index (χ0) is 19.7. The lowest BCUT2D eigenvalue weighted by atomic mass is 10.2. The Morgan fingerprint density at radius 3 is 2.79 bits per heavy atom. The molecular formula is C21H21N3O4. The molecule has 2 aromatic carbocycles. The molecule has 1 amide bonds. The van der Waals surface area contributed by atoms with Gasteiger partial charge >= 0.3 is 0 Å². The molecule has 7 nitrogen and oxygen atoms in total. The SMILES string of the molecule is CCN(Cc1ccc2c(c1)OCO2)C(=O)Cn1c(C)nc2ccccc2c1=O.